The summed E-state index contributed by atoms with van der Waals surface area (Å²) >= 11 is 5.21. The van der Waals surface area contributed by atoms with E-state index >= 15 is 0 Å². The number of thiocarbonyl (C=S) groups is 1. The van der Waals surface area contributed by atoms with E-state index in [1.54, 1.807) is 60.7 Å². The van der Waals surface area contributed by atoms with E-state index in [-0.39, 0.29) is 15.9 Å². The lowest BCUT2D eigenvalue weighted by Gasteiger charge is -2.12. The molecule has 0 spiro atoms. The van der Waals surface area contributed by atoms with Crippen LogP contribution in [0.2, 0.25) is 0 Å². The molecular formula is C25H27N3O5S2. The Balaban J connectivity index is 1.54. The average Bonchev–Trinajstić information content (AvgIpc) is 2.85. The second-order valence-corrected chi connectivity index (χ2v) is 9.58. The summed E-state index contributed by atoms with van der Waals surface area (Å²) in [4.78, 5) is 12.5. The lowest BCUT2D eigenvalue weighted by Crippen LogP contribution is -2.34. The molecule has 184 valence electrons. The van der Waals surface area contributed by atoms with Crippen molar-refractivity contribution in [1.29, 1.82) is 0 Å². The van der Waals surface area contributed by atoms with Crippen molar-refractivity contribution in [3.63, 3.8) is 0 Å². The number of ether oxygens (including phenoxy) is 2. The Morgan fingerprint density at radius 3 is 2.09 bits per heavy atom. The SMILES string of the molecule is CCCCOc1ccc(C(=O)NC(=S)Nc2ccc(S(=O)(=O)Nc3ccc(OC)cc3)cc2)cc1. The Bertz CT molecular complexity index is 1240. The zero-order valence-electron chi connectivity index (χ0n) is 19.4. The maximum atomic E-state index is 12.6. The molecule has 3 aromatic rings. The maximum absolute atomic E-state index is 12.6. The third-order valence-corrected chi connectivity index (χ3v) is 6.48. The highest BCUT2D eigenvalue weighted by molar-refractivity contribution is 7.92. The molecule has 0 heterocycles. The lowest BCUT2D eigenvalue weighted by atomic mass is 10.2. The number of carbonyl (C=O) groups excluding carboxylic acids is 1. The van der Waals surface area contributed by atoms with Crippen LogP contribution >= 0.6 is 12.2 Å². The molecule has 0 fully saturated rings. The monoisotopic (exact) mass is 513 g/mol. The van der Waals surface area contributed by atoms with Gasteiger partial charge in [0, 0.05) is 16.9 Å². The van der Waals surface area contributed by atoms with E-state index in [2.05, 4.69) is 22.3 Å². The van der Waals surface area contributed by atoms with Gasteiger partial charge in [-0.05, 0) is 91.4 Å². The zero-order valence-corrected chi connectivity index (χ0v) is 21.0. The highest BCUT2D eigenvalue weighted by Gasteiger charge is 2.15. The van der Waals surface area contributed by atoms with Gasteiger partial charge in [-0.25, -0.2) is 8.42 Å². The fraction of sp³-hybridized carbons (Fsp3) is 0.200. The van der Waals surface area contributed by atoms with Crippen LogP contribution in [0.4, 0.5) is 11.4 Å². The van der Waals surface area contributed by atoms with Gasteiger partial charge in [-0.3, -0.25) is 14.8 Å². The van der Waals surface area contributed by atoms with E-state index in [9.17, 15) is 13.2 Å². The van der Waals surface area contributed by atoms with E-state index < -0.39 is 10.0 Å². The number of hydrogen-bond donors (Lipinski definition) is 3. The van der Waals surface area contributed by atoms with Crippen LogP contribution in [0.15, 0.2) is 77.7 Å². The molecule has 0 aliphatic rings. The van der Waals surface area contributed by atoms with E-state index in [4.69, 9.17) is 21.7 Å². The molecular weight excluding hydrogens is 486 g/mol. The minimum atomic E-state index is -3.78. The van der Waals surface area contributed by atoms with Gasteiger partial charge in [-0.2, -0.15) is 0 Å². The summed E-state index contributed by atoms with van der Waals surface area (Å²) in [6, 6.07) is 19.3. The first kappa shape index (κ1) is 26.0. The van der Waals surface area contributed by atoms with Crippen LogP contribution < -0.4 is 24.8 Å². The maximum Gasteiger partial charge on any atom is 0.261 e. The van der Waals surface area contributed by atoms with Gasteiger partial charge < -0.3 is 14.8 Å². The smallest absolute Gasteiger partial charge is 0.261 e. The first-order valence-corrected chi connectivity index (χ1v) is 12.8. The number of anilines is 2. The Kier molecular flexibility index (Phi) is 9.04. The van der Waals surface area contributed by atoms with E-state index in [1.165, 1.54) is 19.2 Å². The van der Waals surface area contributed by atoms with Crippen molar-refractivity contribution in [2.24, 2.45) is 0 Å². The predicted molar refractivity (Wildman–Crippen MR) is 141 cm³/mol. The van der Waals surface area contributed by atoms with Crippen molar-refractivity contribution < 1.29 is 22.7 Å². The highest BCUT2D eigenvalue weighted by atomic mass is 32.2. The normalized spacial score (nSPS) is 10.8. The van der Waals surface area contributed by atoms with Crippen LogP contribution in [0.5, 0.6) is 11.5 Å². The van der Waals surface area contributed by atoms with E-state index in [0.29, 0.717) is 35.0 Å². The minimum Gasteiger partial charge on any atom is -0.497 e. The molecule has 0 bridgehead atoms. The second kappa shape index (κ2) is 12.2. The summed E-state index contributed by atoms with van der Waals surface area (Å²) in [5.41, 5.74) is 1.37. The fourth-order valence-corrected chi connectivity index (χ4v) is 4.23. The van der Waals surface area contributed by atoms with Gasteiger partial charge in [0.15, 0.2) is 5.11 Å². The summed E-state index contributed by atoms with van der Waals surface area (Å²) in [5.74, 6) is 0.956. The van der Waals surface area contributed by atoms with Gasteiger partial charge in [0.1, 0.15) is 11.5 Å². The Morgan fingerprint density at radius 1 is 0.886 bits per heavy atom. The molecule has 0 saturated heterocycles. The van der Waals surface area contributed by atoms with Crippen molar-refractivity contribution in [1.82, 2.24) is 5.32 Å². The van der Waals surface area contributed by atoms with Crippen molar-refractivity contribution in [3.8, 4) is 11.5 Å². The van der Waals surface area contributed by atoms with Gasteiger partial charge in [-0.15, -0.1) is 0 Å². The Morgan fingerprint density at radius 2 is 1.49 bits per heavy atom. The first-order valence-electron chi connectivity index (χ1n) is 10.9. The quantitative estimate of drug-likeness (QED) is 0.264. The van der Waals surface area contributed by atoms with Crippen LogP contribution in [0.3, 0.4) is 0 Å². The Labute approximate surface area is 210 Å². The van der Waals surface area contributed by atoms with Crippen LogP contribution in [0.25, 0.3) is 0 Å². The predicted octanol–water partition coefficient (Wildman–Crippen LogP) is 4.80. The summed E-state index contributed by atoms with van der Waals surface area (Å²) < 4.78 is 38.5. The molecule has 3 aromatic carbocycles. The third-order valence-electron chi connectivity index (χ3n) is 4.87. The second-order valence-electron chi connectivity index (χ2n) is 7.49. The molecule has 0 aromatic heterocycles. The molecule has 1 amide bonds. The number of carbonyl (C=O) groups is 1. The van der Waals surface area contributed by atoms with Crippen molar-refractivity contribution in [2.75, 3.05) is 23.8 Å². The van der Waals surface area contributed by atoms with E-state index in [0.717, 1.165) is 12.8 Å². The molecule has 0 radical (unpaired) electrons. The number of rotatable bonds is 10. The standard InChI is InChI=1S/C25H27N3O5S2/c1-3-4-17-33-22-11-5-18(6-12-22)24(29)27-25(34)26-19-9-15-23(16-10-19)35(30,31)28-20-7-13-21(32-2)14-8-20/h5-16,28H,3-4,17H2,1-2H3,(H2,26,27,29,34). The fourth-order valence-electron chi connectivity index (χ4n) is 2.97. The number of benzene rings is 3. The molecule has 3 rings (SSSR count). The van der Waals surface area contributed by atoms with Gasteiger partial charge in [0.25, 0.3) is 15.9 Å². The lowest BCUT2D eigenvalue weighted by molar-refractivity contribution is 0.0977. The summed E-state index contributed by atoms with van der Waals surface area (Å²) in [7, 11) is -2.24. The molecule has 0 atom stereocenters. The van der Waals surface area contributed by atoms with Crippen molar-refractivity contribution >= 4 is 44.6 Å². The third kappa shape index (κ3) is 7.69. The molecule has 35 heavy (non-hydrogen) atoms. The first-order chi connectivity index (χ1) is 16.8. The molecule has 10 heteroatoms. The summed E-state index contributed by atoms with van der Waals surface area (Å²) in [6.45, 7) is 2.72. The number of unbranched alkanes of at least 4 members (excludes halogenated alkanes) is 1. The molecule has 0 saturated carbocycles. The largest absolute Gasteiger partial charge is 0.497 e. The van der Waals surface area contributed by atoms with Gasteiger partial charge in [0.05, 0.1) is 18.6 Å². The number of sulfonamides is 1. The molecule has 0 aliphatic carbocycles. The van der Waals surface area contributed by atoms with Crippen LogP contribution in [0, 0.1) is 0 Å². The van der Waals surface area contributed by atoms with Crippen LogP contribution in [-0.4, -0.2) is 33.2 Å². The molecule has 0 unspecified atom stereocenters. The number of hydrogen-bond acceptors (Lipinski definition) is 6. The van der Waals surface area contributed by atoms with Crippen molar-refractivity contribution in [3.05, 3.63) is 78.4 Å². The highest BCUT2D eigenvalue weighted by Crippen LogP contribution is 2.20. The van der Waals surface area contributed by atoms with E-state index in [1.807, 2.05) is 0 Å². The number of amides is 1. The summed E-state index contributed by atoms with van der Waals surface area (Å²) in [5, 5.41) is 5.57. The average molecular weight is 514 g/mol. The van der Waals surface area contributed by atoms with Crippen LogP contribution in [0.1, 0.15) is 30.1 Å². The Hall–Kier alpha value is -3.63. The number of methoxy groups -OCH3 is 1. The van der Waals surface area contributed by atoms with Gasteiger partial charge in [0.2, 0.25) is 0 Å². The number of nitrogens with one attached hydrogen (secondary N) is 3. The minimum absolute atomic E-state index is 0.0788. The molecule has 0 aliphatic heterocycles. The molecule has 3 N–H and O–H groups in total. The zero-order chi connectivity index (χ0) is 25.3. The molecule has 8 nitrogen and oxygen atoms in total. The van der Waals surface area contributed by atoms with Crippen LogP contribution in [-0.2, 0) is 10.0 Å². The summed E-state index contributed by atoms with van der Waals surface area (Å²) in [6.07, 6.45) is 2.01. The topological polar surface area (TPSA) is 106 Å². The van der Waals surface area contributed by atoms with Crippen molar-refractivity contribution in [2.45, 2.75) is 24.7 Å². The van der Waals surface area contributed by atoms with Gasteiger partial charge >= 0.3 is 0 Å². The van der Waals surface area contributed by atoms with Gasteiger partial charge in [-0.1, -0.05) is 13.3 Å².